The second-order valence-corrected chi connectivity index (χ2v) is 6.97. The van der Waals surface area contributed by atoms with Crippen LogP contribution in [0, 0.1) is 9.39 Å². The number of hydrogen-bond donors (Lipinski definition) is 2. The maximum absolute atomic E-state index is 13.6. The second-order valence-electron chi connectivity index (χ2n) is 4.38. The number of hydrogen-bond acceptors (Lipinski definition) is 5. The predicted molar refractivity (Wildman–Crippen MR) is 88.0 cm³/mol. The summed E-state index contributed by atoms with van der Waals surface area (Å²) >= 11 is 1.84. The molecule has 124 valence electrons. The first-order valence-corrected chi connectivity index (χ1v) is 8.80. The molecule has 6 nitrogen and oxygen atoms in total. The lowest BCUT2D eigenvalue weighted by molar-refractivity contribution is 0.210. The van der Waals surface area contributed by atoms with Crippen molar-refractivity contribution in [2.24, 2.45) is 0 Å². The van der Waals surface area contributed by atoms with Gasteiger partial charge in [-0.1, -0.05) is 0 Å². The molecule has 9 heteroatoms. The van der Waals surface area contributed by atoms with Crippen LogP contribution in [0.15, 0.2) is 41.3 Å². The molecule has 0 unspecified atom stereocenters. The summed E-state index contributed by atoms with van der Waals surface area (Å²) in [5, 5.41) is 9.23. The first-order valence-electron chi connectivity index (χ1n) is 6.28. The van der Waals surface area contributed by atoms with Gasteiger partial charge >= 0.3 is 0 Å². The summed E-state index contributed by atoms with van der Waals surface area (Å²) in [7, 11) is -4.24. The first kappa shape index (κ1) is 17.8. The van der Waals surface area contributed by atoms with Gasteiger partial charge in [-0.15, -0.1) is 0 Å². The summed E-state index contributed by atoms with van der Waals surface area (Å²) in [6, 6.07) is 7.49. The van der Waals surface area contributed by atoms with Gasteiger partial charge in [-0.25, -0.2) is 4.39 Å². The van der Waals surface area contributed by atoms with E-state index in [9.17, 15) is 17.9 Å². The second kappa shape index (κ2) is 7.32. The molecule has 0 aliphatic heterocycles. The van der Waals surface area contributed by atoms with Crippen LogP contribution in [0.2, 0.25) is 0 Å². The van der Waals surface area contributed by atoms with E-state index in [1.54, 1.807) is 0 Å². The third-order valence-corrected chi connectivity index (χ3v) is 4.37. The Balaban J connectivity index is 1.89. The van der Waals surface area contributed by atoms with Crippen LogP contribution in [0.4, 0.5) is 4.39 Å². The fraction of sp³-hybridized carbons (Fsp3) is 0.143. The van der Waals surface area contributed by atoms with Crippen LogP contribution in [0.25, 0.3) is 0 Å². The van der Waals surface area contributed by atoms with Gasteiger partial charge in [-0.05, 0) is 52.9 Å². The van der Waals surface area contributed by atoms with Crippen molar-refractivity contribution in [3.8, 4) is 17.2 Å². The molecular weight excluding hydrogens is 442 g/mol. The molecule has 23 heavy (non-hydrogen) atoms. The zero-order valence-corrected chi connectivity index (χ0v) is 14.5. The van der Waals surface area contributed by atoms with E-state index < -0.39 is 15.9 Å². The monoisotopic (exact) mass is 454 g/mol. The van der Waals surface area contributed by atoms with Crippen LogP contribution in [0.1, 0.15) is 0 Å². The first-order chi connectivity index (χ1) is 10.8. The minimum atomic E-state index is -4.24. The third-order valence-electron chi connectivity index (χ3n) is 2.70. The lowest BCUT2D eigenvalue weighted by Crippen LogP contribution is -2.10. The lowest BCUT2D eigenvalue weighted by atomic mass is 10.3. The summed E-state index contributed by atoms with van der Waals surface area (Å²) in [4.78, 5) is -0.234. The number of halogens is 2. The number of phenolic OH excluding ortho intramolecular Hbond substituents is 1. The third kappa shape index (κ3) is 4.94. The molecule has 2 N–H and O–H groups in total. The molecule has 2 aromatic carbocycles. The van der Waals surface area contributed by atoms with Crippen molar-refractivity contribution in [3.05, 3.63) is 45.8 Å². The lowest BCUT2D eigenvalue weighted by Gasteiger charge is -2.11. The van der Waals surface area contributed by atoms with Gasteiger partial charge in [0, 0.05) is 6.07 Å². The fourth-order valence-electron chi connectivity index (χ4n) is 1.70. The van der Waals surface area contributed by atoms with Gasteiger partial charge in [-0.2, -0.15) is 8.42 Å². The number of ether oxygens (including phenoxy) is 2. The van der Waals surface area contributed by atoms with Crippen LogP contribution < -0.4 is 9.47 Å². The Morgan fingerprint density at radius 2 is 1.70 bits per heavy atom. The van der Waals surface area contributed by atoms with Gasteiger partial charge in [0.2, 0.25) is 0 Å². The van der Waals surface area contributed by atoms with Crippen LogP contribution in [0.5, 0.6) is 17.2 Å². The molecule has 0 radical (unpaired) electrons. The Labute approximate surface area is 145 Å². The summed E-state index contributed by atoms with van der Waals surface area (Å²) in [5.74, 6) is -0.461. The normalized spacial score (nSPS) is 11.3. The Kier molecular flexibility index (Phi) is 5.65. The summed E-state index contributed by atoms with van der Waals surface area (Å²) in [6.45, 7) is 0.152. The molecule has 0 aliphatic rings. The molecule has 0 heterocycles. The van der Waals surface area contributed by atoms with Crippen molar-refractivity contribution < 1.29 is 31.9 Å². The highest BCUT2D eigenvalue weighted by Crippen LogP contribution is 2.28. The van der Waals surface area contributed by atoms with E-state index in [4.69, 9.17) is 14.0 Å². The minimum Gasteiger partial charge on any atom is -0.508 e. The highest BCUT2D eigenvalue weighted by molar-refractivity contribution is 14.1. The Hall–Kier alpha value is -1.59. The standard InChI is InChI=1S/C14H12FIO6S/c15-12-7-9(17)8-13(16)14(12)22-6-5-21-10-1-3-11(4-2-10)23(18,19)20/h1-4,7-8,17H,5-6H2,(H,18,19,20). The van der Waals surface area contributed by atoms with E-state index in [1.165, 1.54) is 30.3 Å². The van der Waals surface area contributed by atoms with E-state index in [-0.39, 0.29) is 29.6 Å². The smallest absolute Gasteiger partial charge is 0.294 e. The molecule has 0 aliphatic carbocycles. The van der Waals surface area contributed by atoms with Gasteiger partial charge in [0.25, 0.3) is 10.1 Å². The highest BCUT2D eigenvalue weighted by Gasteiger charge is 2.11. The van der Waals surface area contributed by atoms with E-state index in [2.05, 4.69) is 0 Å². The van der Waals surface area contributed by atoms with E-state index in [0.29, 0.717) is 9.32 Å². The number of rotatable bonds is 6. The predicted octanol–water partition coefficient (Wildman–Crippen LogP) is 2.84. The van der Waals surface area contributed by atoms with Crippen LogP contribution >= 0.6 is 22.6 Å². The zero-order valence-electron chi connectivity index (χ0n) is 11.6. The Bertz CT molecular complexity index is 768. The average Bonchev–Trinajstić information content (AvgIpc) is 2.45. The van der Waals surface area contributed by atoms with Crippen molar-refractivity contribution in [1.29, 1.82) is 0 Å². The Morgan fingerprint density at radius 3 is 2.26 bits per heavy atom. The largest absolute Gasteiger partial charge is 0.508 e. The maximum Gasteiger partial charge on any atom is 0.294 e. The average molecular weight is 454 g/mol. The number of aromatic hydroxyl groups is 1. The van der Waals surface area contributed by atoms with Crippen molar-refractivity contribution in [2.75, 3.05) is 13.2 Å². The van der Waals surface area contributed by atoms with E-state index in [1.807, 2.05) is 22.6 Å². The summed E-state index contributed by atoms with van der Waals surface area (Å²) in [5.41, 5.74) is 0. The zero-order chi connectivity index (χ0) is 17.0. The van der Waals surface area contributed by atoms with Crippen molar-refractivity contribution in [1.82, 2.24) is 0 Å². The van der Waals surface area contributed by atoms with Gasteiger partial charge < -0.3 is 14.6 Å². The molecule has 0 saturated carbocycles. The van der Waals surface area contributed by atoms with Gasteiger partial charge in [0.05, 0.1) is 8.47 Å². The van der Waals surface area contributed by atoms with Crippen LogP contribution in [-0.4, -0.2) is 31.3 Å². The fourth-order valence-corrected chi connectivity index (χ4v) is 2.91. The van der Waals surface area contributed by atoms with Crippen LogP contribution in [-0.2, 0) is 10.1 Å². The van der Waals surface area contributed by atoms with Crippen LogP contribution in [0.3, 0.4) is 0 Å². The topological polar surface area (TPSA) is 93.1 Å². The molecule has 0 bridgehead atoms. The molecule has 2 aromatic rings. The molecule has 0 atom stereocenters. The van der Waals surface area contributed by atoms with Crippen molar-refractivity contribution in [3.63, 3.8) is 0 Å². The minimum absolute atomic E-state index is 0.0220. The highest BCUT2D eigenvalue weighted by atomic mass is 127. The SMILES string of the molecule is O=S(=O)(O)c1ccc(OCCOc2c(F)cc(O)cc2I)cc1. The van der Waals surface area contributed by atoms with Crippen molar-refractivity contribution >= 4 is 32.7 Å². The van der Waals surface area contributed by atoms with Gasteiger partial charge in [-0.3, -0.25) is 4.55 Å². The molecule has 0 spiro atoms. The number of benzene rings is 2. The van der Waals surface area contributed by atoms with Gasteiger partial charge in [0.1, 0.15) is 24.7 Å². The molecule has 0 aromatic heterocycles. The van der Waals surface area contributed by atoms with Gasteiger partial charge in [0.15, 0.2) is 11.6 Å². The molecular formula is C14H12FIO6S. The molecule has 0 saturated heterocycles. The van der Waals surface area contributed by atoms with E-state index >= 15 is 0 Å². The molecule has 2 rings (SSSR count). The maximum atomic E-state index is 13.6. The number of phenols is 1. The Morgan fingerprint density at radius 1 is 1.09 bits per heavy atom. The van der Waals surface area contributed by atoms with Crippen molar-refractivity contribution in [2.45, 2.75) is 4.90 Å². The molecule has 0 amide bonds. The summed E-state index contributed by atoms with van der Waals surface area (Å²) in [6.07, 6.45) is 0. The summed E-state index contributed by atoms with van der Waals surface area (Å²) < 4.78 is 55.3. The van der Waals surface area contributed by atoms with E-state index in [0.717, 1.165) is 6.07 Å². The quantitative estimate of drug-likeness (QED) is 0.396. The molecule has 0 fully saturated rings.